The Balaban J connectivity index is 1.99. The Morgan fingerprint density at radius 1 is 1.39 bits per heavy atom. The Bertz CT molecular complexity index is 461. The Kier molecular flexibility index (Phi) is 3.83. The third-order valence-electron chi connectivity index (χ3n) is 3.33. The van der Waals surface area contributed by atoms with Gasteiger partial charge in [0.25, 0.3) is 0 Å². The van der Waals surface area contributed by atoms with Crippen LogP contribution in [0.2, 0.25) is 0 Å². The van der Waals surface area contributed by atoms with Crippen LogP contribution in [-0.4, -0.2) is 23.5 Å². The number of urea groups is 1. The molecule has 1 fully saturated rings. The molecule has 0 aliphatic carbocycles. The highest BCUT2D eigenvalue weighted by molar-refractivity contribution is 5.89. The largest absolute Gasteiger partial charge is 0.322 e. The topological polar surface area (TPSA) is 56.1 Å². The van der Waals surface area contributed by atoms with Crippen LogP contribution in [-0.2, 0) is 0 Å². The molecule has 2 rings (SSSR count). The summed E-state index contributed by atoms with van der Waals surface area (Å²) in [5.41, 5.74) is 1.33. The molecule has 1 atom stereocenters. The van der Waals surface area contributed by atoms with Crippen molar-refractivity contribution in [3.05, 3.63) is 29.8 Å². The van der Waals surface area contributed by atoms with E-state index < -0.39 is 0 Å². The lowest BCUT2D eigenvalue weighted by Crippen LogP contribution is -2.44. The number of amides is 2. The Hall–Kier alpha value is -2.02. The van der Waals surface area contributed by atoms with Crippen molar-refractivity contribution in [1.29, 1.82) is 5.26 Å². The van der Waals surface area contributed by atoms with Crippen molar-refractivity contribution in [2.75, 3.05) is 11.9 Å². The highest BCUT2D eigenvalue weighted by Gasteiger charge is 2.22. The van der Waals surface area contributed by atoms with E-state index in [-0.39, 0.29) is 6.03 Å². The molecule has 4 heteroatoms. The van der Waals surface area contributed by atoms with Crippen molar-refractivity contribution < 1.29 is 4.79 Å². The molecule has 0 bridgehead atoms. The van der Waals surface area contributed by atoms with Crippen LogP contribution in [0.5, 0.6) is 0 Å². The quantitative estimate of drug-likeness (QED) is 0.824. The summed E-state index contributed by atoms with van der Waals surface area (Å²) in [6.07, 6.45) is 3.34. The molecule has 0 spiro atoms. The number of nitrogens with zero attached hydrogens (tertiary/aromatic N) is 2. The van der Waals surface area contributed by atoms with Crippen LogP contribution in [0, 0.1) is 11.3 Å². The number of nitrogens with one attached hydrogen (secondary N) is 1. The lowest BCUT2D eigenvalue weighted by Gasteiger charge is -2.33. The van der Waals surface area contributed by atoms with Gasteiger partial charge in [0.1, 0.15) is 0 Å². The van der Waals surface area contributed by atoms with Crippen molar-refractivity contribution >= 4 is 11.7 Å². The van der Waals surface area contributed by atoms with Gasteiger partial charge in [0.15, 0.2) is 0 Å². The van der Waals surface area contributed by atoms with E-state index in [2.05, 4.69) is 18.3 Å². The molecule has 18 heavy (non-hydrogen) atoms. The number of likely N-dealkylation sites (tertiary alicyclic amines) is 1. The zero-order valence-electron chi connectivity index (χ0n) is 10.5. The number of piperidine rings is 1. The minimum Gasteiger partial charge on any atom is -0.322 e. The number of anilines is 1. The van der Waals surface area contributed by atoms with Crippen molar-refractivity contribution in [3.8, 4) is 6.07 Å². The summed E-state index contributed by atoms with van der Waals surface area (Å²) >= 11 is 0. The van der Waals surface area contributed by atoms with E-state index in [0.29, 0.717) is 11.6 Å². The maximum atomic E-state index is 12.1. The lowest BCUT2D eigenvalue weighted by atomic mass is 10.0. The van der Waals surface area contributed by atoms with Crippen LogP contribution in [0.4, 0.5) is 10.5 Å². The first-order valence-corrected chi connectivity index (χ1v) is 6.28. The van der Waals surface area contributed by atoms with E-state index >= 15 is 0 Å². The van der Waals surface area contributed by atoms with Gasteiger partial charge in [-0.3, -0.25) is 0 Å². The molecule has 0 aromatic heterocycles. The maximum absolute atomic E-state index is 12.1. The Morgan fingerprint density at radius 2 is 2.11 bits per heavy atom. The van der Waals surface area contributed by atoms with Crippen LogP contribution in [0.15, 0.2) is 24.3 Å². The SMILES string of the molecule is C[C@@H]1CCCCN1C(=O)Nc1ccc(C#N)cc1. The molecule has 1 saturated heterocycles. The first-order chi connectivity index (χ1) is 8.70. The fourth-order valence-electron chi connectivity index (χ4n) is 2.22. The van der Waals surface area contributed by atoms with Crippen LogP contribution in [0.3, 0.4) is 0 Å². The minimum atomic E-state index is -0.0492. The molecule has 2 amide bonds. The van der Waals surface area contributed by atoms with Gasteiger partial charge in [-0.1, -0.05) is 0 Å². The molecule has 4 nitrogen and oxygen atoms in total. The van der Waals surface area contributed by atoms with Gasteiger partial charge in [0, 0.05) is 18.3 Å². The average molecular weight is 243 g/mol. The first-order valence-electron chi connectivity index (χ1n) is 6.28. The normalized spacial score (nSPS) is 19.1. The molecule has 0 unspecified atom stereocenters. The first kappa shape index (κ1) is 12.4. The number of benzene rings is 1. The summed E-state index contributed by atoms with van der Waals surface area (Å²) in [5, 5.41) is 11.6. The van der Waals surface area contributed by atoms with Gasteiger partial charge < -0.3 is 10.2 Å². The molecule has 0 saturated carbocycles. The predicted octanol–water partition coefficient (Wildman–Crippen LogP) is 2.96. The number of nitriles is 1. The summed E-state index contributed by atoms with van der Waals surface area (Å²) < 4.78 is 0. The third kappa shape index (κ3) is 2.80. The second-order valence-corrected chi connectivity index (χ2v) is 4.66. The van der Waals surface area contributed by atoms with Gasteiger partial charge in [-0.05, 0) is 50.5 Å². The standard InChI is InChI=1S/C14H17N3O/c1-11-4-2-3-9-17(11)14(18)16-13-7-5-12(10-15)6-8-13/h5-8,11H,2-4,9H2,1H3,(H,16,18)/t11-/m1/s1. The fourth-order valence-corrected chi connectivity index (χ4v) is 2.22. The Labute approximate surface area is 107 Å². The highest BCUT2D eigenvalue weighted by Crippen LogP contribution is 2.18. The molecule has 1 aromatic rings. The van der Waals surface area contributed by atoms with E-state index in [1.54, 1.807) is 24.3 Å². The van der Waals surface area contributed by atoms with Crippen molar-refractivity contribution in [3.63, 3.8) is 0 Å². The van der Waals surface area contributed by atoms with E-state index in [0.717, 1.165) is 25.1 Å². The van der Waals surface area contributed by atoms with Crippen LogP contribution < -0.4 is 5.32 Å². The van der Waals surface area contributed by atoms with Crippen LogP contribution in [0.1, 0.15) is 31.7 Å². The van der Waals surface area contributed by atoms with Gasteiger partial charge in [-0.25, -0.2) is 4.79 Å². The molecule has 1 heterocycles. The monoisotopic (exact) mass is 243 g/mol. The third-order valence-corrected chi connectivity index (χ3v) is 3.33. The summed E-state index contributed by atoms with van der Waals surface area (Å²) in [6, 6.07) is 9.23. The number of carbonyl (C=O) groups excluding carboxylic acids is 1. The fraction of sp³-hybridized carbons (Fsp3) is 0.429. The second kappa shape index (κ2) is 5.54. The molecule has 0 radical (unpaired) electrons. The van der Waals surface area contributed by atoms with Gasteiger partial charge in [0.2, 0.25) is 0 Å². The number of hydrogen-bond acceptors (Lipinski definition) is 2. The van der Waals surface area contributed by atoms with Crippen molar-refractivity contribution in [1.82, 2.24) is 4.90 Å². The number of carbonyl (C=O) groups is 1. The smallest absolute Gasteiger partial charge is 0.322 e. The second-order valence-electron chi connectivity index (χ2n) is 4.66. The van der Waals surface area contributed by atoms with E-state index in [1.165, 1.54) is 6.42 Å². The van der Waals surface area contributed by atoms with Crippen LogP contribution in [0.25, 0.3) is 0 Å². The van der Waals surface area contributed by atoms with Crippen molar-refractivity contribution in [2.45, 2.75) is 32.2 Å². The molecule has 1 aliphatic heterocycles. The predicted molar refractivity (Wildman–Crippen MR) is 70.2 cm³/mol. The maximum Gasteiger partial charge on any atom is 0.322 e. The average Bonchev–Trinajstić information content (AvgIpc) is 2.40. The zero-order chi connectivity index (χ0) is 13.0. The van der Waals surface area contributed by atoms with Gasteiger partial charge in [-0.2, -0.15) is 5.26 Å². The molecule has 1 aromatic carbocycles. The van der Waals surface area contributed by atoms with Crippen molar-refractivity contribution in [2.24, 2.45) is 0 Å². The van der Waals surface area contributed by atoms with E-state index in [9.17, 15) is 4.79 Å². The summed E-state index contributed by atoms with van der Waals surface area (Å²) in [7, 11) is 0. The zero-order valence-corrected chi connectivity index (χ0v) is 10.5. The lowest BCUT2D eigenvalue weighted by molar-refractivity contribution is 0.170. The molecular formula is C14H17N3O. The molecule has 1 N–H and O–H groups in total. The molecule has 94 valence electrons. The summed E-state index contributed by atoms with van der Waals surface area (Å²) in [5.74, 6) is 0. The number of rotatable bonds is 1. The number of hydrogen-bond donors (Lipinski definition) is 1. The van der Waals surface area contributed by atoms with Crippen LogP contribution >= 0.6 is 0 Å². The molecular weight excluding hydrogens is 226 g/mol. The van der Waals surface area contributed by atoms with Gasteiger partial charge in [0.05, 0.1) is 11.6 Å². The van der Waals surface area contributed by atoms with E-state index in [4.69, 9.17) is 5.26 Å². The summed E-state index contributed by atoms with van der Waals surface area (Å²) in [4.78, 5) is 14.0. The Morgan fingerprint density at radius 3 is 2.72 bits per heavy atom. The van der Waals surface area contributed by atoms with Gasteiger partial charge in [-0.15, -0.1) is 0 Å². The minimum absolute atomic E-state index is 0.0492. The van der Waals surface area contributed by atoms with Gasteiger partial charge >= 0.3 is 6.03 Å². The highest BCUT2D eigenvalue weighted by atomic mass is 16.2. The van der Waals surface area contributed by atoms with E-state index in [1.807, 2.05) is 4.90 Å². The summed E-state index contributed by atoms with van der Waals surface area (Å²) in [6.45, 7) is 2.90. The molecule has 1 aliphatic rings.